The van der Waals surface area contributed by atoms with Crippen LogP contribution < -0.4 is 5.32 Å². The number of benzene rings is 1. The second-order valence-electron chi connectivity index (χ2n) is 6.06. The first-order chi connectivity index (χ1) is 10.2. The van der Waals surface area contributed by atoms with Crippen LogP contribution in [0.3, 0.4) is 0 Å². The minimum Gasteiger partial charge on any atom is -0.309 e. The van der Waals surface area contributed by atoms with Gasteiger partial charge in [-0.15, -0.1) is 0 Å². The molecule has 0 bridgehead atoms. The molecule has 1 aliphatic rings. The van der Waals surface area contributed by atoms with Gasteiger partial charge >= 0.3 is 0 Å². The quantitative estimate of drug-likeness (QED) is 0.871. The number of aryl methyl sites for hydroxylation is 1. The third-order valence-corrected chi connectivity index (χ3v) is 8.33. The highest BCUT2D eigenvalue weighted by molar-refractivity contribution is 7.96. The van der Waals surface area contributed by atoms with E-state index in [0.29, 0.717) is 0 Å². The lowest BCUT2D eigenvalue weighted by atomic mass is 10.2. The number of sulfone groups is 2. The molecule has 7 heteroatoms. The monoisotopic (exact) mass is 345 g/mol. The van der Waals surface area contributed by atoms with E-state index in [9.17, 15) is 16.8 Å². The van der Waals surface area contributed by atoms with E-state index in [0.717, 1.165) is 12.0 Å². The summed E-state index contributed by atoms with van der Waals surface area (Å²) in [6.07, 6.45) is 0.813. The third kappa shape index (κ3) is 3.70. The Balaban J connectivity index is 2.36. The molecule has 3 atom stereocenters. The Bertz CT molecular complexity index is 723. The lowest BCUT2D eigenvalue weighted by molar-refractivity contribution is 0.456. The molecule has 1 aromatic rings. The maximum absolute atomic E-state index is 12.8. The summed E-state index contributed by atoms with van der Waals surface area (Å²) >= 11 is 0. The highest BCUT2D eigenvalue weighted by Crippen LogP contribution is 2.26. The average Bonchev–Trinajstić information content (AvgIpc) is 2.74. The average molecular weight is 345 g/mol. The van der Waals surface area contributed by atoms with E-state index in [1.807, 2.05) is 20.8 Å². The maximum Gasteiger partial charge on any atom is 0.183 e. The van der Waals surface area contributed by atoms with Crippen LogP contribution in [0.1, 0.15) is 25.8 Å². The standard InChI is InChI=1S/C15H23NO4S2/c1-4-12(3)16-14-9-21(17,18)10-15(14)22(19,20)13-7-5-11(2)6-8-13/h5-8,12,14-16H,4,9-10H2,1-3H3/t12?,14-,15-/m0/s1. The zero-order chi connectivity index (χ0) is 16.5. The lowest BCUT2D eigenvalue weighted by Gasteiger charge is -2.23. The number of rotatable bonds is 5. The van der Waals surface area contributed by atoms with Gasteiger partial charge in [0.05, 0.1) is 21.7 Å². The van der Waals surface area contributed by atoms with Gasteiger partial charge in [-0.25, -0.2) is 16.8 Å². The Labute approximate surface area is 133 Å². The van der Waals surface area contributed by atoms with Crippen molar-refractivity contribution < 1.29 is 16.8 Å². The van der Waals surface area contributed by atoms with Crippen LogP contribution in [-0.4, -0.2) is 45.7 Å². The van der Waals surface area contributed by atoms with Crippen LogP contribution in [0.5, 0.6) is 0 Å². The molecule has 0 aliphatic carbocycles. The molecular weight excluding hydrogens is 322 g/mol. The topological polar surface area (TPSA) is 80.3 Å². The first-order valence-electron chi connectivity index (χ1n) is 7.43. The summed E-state index contributed by atoms with van der Waals surface area (Å²) in [6.45, 7) is 5.79. The fourth-order valence-electron chi connectivity index (χ4n) is 2.66. The van der Waals surface area contributed by atoms with Crippen molar-refractivity contribution >= 4 is 19.7 Å². The highest BCUT2D eigenvalue weighted by atomic mass is 32.2. The summed E-state index contributed by atoms with van der Waals surface area (Å²) < 4.78 is 49.5. The van der Waals surface area contributed by atoms with Crippen LogP contribution in [0.2, 0.25) is 0 Å². The predicted octanol–water partition coefficient (Wildman–Crippen LogP) is 1.32. The van der Waals surface area contributed by atoms with Gasteiger partial charge in [0, 0.05) is 12.1 Å². The van der Waals surface area contributed by atoms with E-state index in [-0.39, 0.29) is 22.4 Å². The first kappa shape index (κ1) is 17.4. The number of nitrogens with one attached hydrogen (secondary N) is 1. The highest BCUT2D eigenvalue weighted by Gasteiger charge is 2.45. The Morgan fingerprint density at radius 2 is 1.82 bits per heavy atom. The van der Waals surface area contributed by atoms with Crippen molar-refractivity contribution in [3.63, 3.8) is 0 Å². The van der Waals surface area contributed by atoms with Crippen LogP contribution in [-0.2, 0) is 19.7 Å². The van der Waals surface area contributed by atoms with Gasteiger partial charge in [-0.1, -0.05) is 24.6 Å². The van der Waals surface area contributed by atoms with Crippen LogP contribution >= 0.6 is 0 Å². The van der Waals surface area contributed by atoms with Crippen LogP contribution in [0, 0.1) is 6.92 Å². The predicted molar refractivity (Wildman–Crippen MR) is 87.5 cm³/mol. The molecule has 2 rings (SSSR count). The largest absolute Gasteiger partial charge is 0.309 e. The van der Waals surface area contributed by atoms with E-state index in [1.165, 1.54) is 0 Å². The van der Waals surface area contributed by atoms with Crippen molar-refractivity contribution in [1.82, 2.24) is 5.32 Å². The van der Waals surface area contributed by atoms with Gasteiger partial charge < -0.3 is 5.32 Å². The molecular formula is C15H23NO4S2. The van der Waals surface area contributed by atoms with Crippen molar-refractivity contribution in [2.24, 2.45) is 0 Å². The number of hydrogen-bond donors (Lipinski definition) is 1. The summed E-state index contributed by atoms with van der Waals surface area (Å²) in [7, 11) is -7.01. The van der Waals surface area contributed by atoms with E-state index in [1.54, 1.807) is 24.3 Å². The molecule has 0 spiro atoms. The molecule has 0 aromatic heterocycles. The third-order valence-electron chi connectivity index (χ3n) is 4.16. The molecule has 1 heterocycles. The minimum atomic E-state index is -3.67. The molecule has 1 N–H and O–H groups in total. The Morgan fingerprint density at radius 3 is 2.36 bits per heavy atom. The van der Waals surface area contributed by atoms with Crippen molar-refractivity contribution in [1.29, 1.82) is 0 Å². The second-order valence-corrected chi connectivity index (χ2v) is 10.4. The van der Waals surface area contributed by atoms with E-state index < -0.39 is 31.0 Å². The van der Waals surface area contributed by atoms with Gasteiger partial charge in [-0.3, -0.25) is 0 Å². The fraction of sp³-hybridized carbons (Fsp3) is 0.600. The SMILES string of the molecule is CCC(C)N[C@H]1CS(=O)(=O)C[C@@H]1S(=O)(=O)c1ccc(C)cc1. The van der Waals surface area contributed by atoms with Crippen LogP contribution in [0.15, 0.2) is 29.2 Å². The lowest BCUT2D eigenvalue weighted by Crippen LogP contribution is -2.46. The number of hydrogen-bond acceptors (Lipinski definition) is 5. The van der Waals surface area contributed by atoms with Gasteiger partial charge in [0.25, 0.3) is 0 Å². The fourth-order valence-corrected chi connectivity index (χ4v) is 7.34. The summed E-state index contributed by atoms with van der Waals surface area (Å²) in [5.74, 6) is -0.426. The van der Waals surface area contributed by atoms with Crippen molar-refractivity contribution in [2.45, 2.75) is 49.4 Å². The summed E-state index contributed by atoms with van der Waals surface area (Å²) in [4.78, 5) is 0.191. The molecule has 0 amide bonds. The summed E-state index contributed by atoms with van der Waals surface area (Å²) in [5.41, 5.74) is 0.965. The van der Waals surface area contributed by atoms with E-state index in [4.69, 9.17) is 0 Å². The molecule has 1 saturated heterocycles. The molecule has 0 radical (unpaired) electrons. The maximum atomic E-state index is 12.8. The first-order valence-corrected chi connectivity index (χ1v) is 10.8. The molecule has 5 nitrogen and oxygen atoms in total. The van der Waals surface area contributed by atoms with E-state index >= 15 is 0 Å². The summed E-state index contributed by atoms with van der Waals surface area (Å²) in [6, 6.07) is 6.09. The smallest absolute Gasteiger partial charge is 0.183 e. The minimum absolute atomic E-state index is 0.0778. The second kappa shape index (κ2) is 6.29. The molecule has 0 saturated carbocycles. The molecule has 124 valence electrons. The van der Waals surface area contributed by atoms with Crippen molar-refractivity contribution in [2.75, 3.05) is 11.5 Å². The molecule has 1 aromatic carbocycles. The molecule has 22 heavy (non-hydrogen) atoms. The van der Waals surface area contributed by atoms with Gasteiger partial charge in [-0.05, 0) is 32.4 Å². The summed E-state index contributed by atoms with van der Waals surface area (Å²) in [5, 5.41) is 2.24. The van der Waals surface area contributed by atoms with Crippen LogP contribution in [0.4, 0.5) is 0 Å². The zero-order valence-corrected chi connectivity index (χ0v) is 14.7. The molecule has 1 aliphatic heterocycles. The van der Waals surface area contributed by atoms with Crippen molar-refractivity contribution in [3.05, 3.63) is 29.8 Å². The van der Waals surface area contributed by atoms with Crippen LogP contribution in [0.25, 0.3) is 0 Å². The van der Waals surface area contributed by atoms with E-state index in [2.05, 4.69) is 5.32 Å². The molecule has 1 unspecified atom stereocenters. The van der Waals surface area contributed by atoms with Gasteiger partial charge in [0.1, 0.15) is 0 Å². The zero-order valence-electron chi connectivity index (χ0n) is 13.1. The van der Waals surface area contributed by atoms with Gasteiger partial charge in [0.15, 0.2) is 19.7 Å². The Kier molecular flexibility index (Phi) is 4.99. The normalized spacial score (nSPS) is 26.0. The molecule has 1 fully saturated rings. The van der Waals surface area contributed by atoms with Gasteiger partial charge in [0.2, 0.25) is 0 Å². The Morgan fingerprint density at radius 1 is 1.23 bits per heavy atom. The van der Waals surface area contributed by atoms with Gasteiger partial charge in [-0.2, -0.15) is 0 Å². The van der Waals surface area contributed by atoms with Crippen molar-refractivity contribution in [3.8, 4) is 0 Å². The Hall–Kier alpha value is -0.920.